The topological polar surface area (TPSA) is 31.6 Å². The zero-order valence-electron chi connectivity index (χ0n) is 15.6. The molecule has 132 valence electrons. The summed E-state index contributed by atoms with van der Waals surface area (Å²) >= 11 is 0. The molecular weight excluding hydrogens is 328 g/mol. The van der Waals surface area contributed by atoms with Gasteiger partial charge in [0.25, 0.3) is 0 Å². The summed E-state index contributed by atoms with van der Waals surface area (Å²) in [6.45, 7) is 4.31. The summed E-state index contributed by atoms with van der Waals surface area (Å²) in [7, 11) is 0. The van der Waals surface area contributed by atoms with Crippen molar-refractivity contribution in [1.82, 2.24) is 9.97 Å². The Balaban J connectivity index is 1.81. The largest absolute Gasteiger partial charge is 0.361 e. The van der Waals surface area contributed by atoms with E-state index in [9.17, 15) is 0 Å². The highest BCUT2D eigenvalue weighted by atomic mass is 14.7. The molecule has 0 saturated heterocycles. The third-order valence-electron chi connectivity index (χ3n) is 5.49. The van der Waals surface area contributed by atoms with Crippen LogP contribution >= 0.6 is 0 Å². The third kappa shape index (κ3) is 2.65. The second-order valence-electron chi connectivity index (χ2n) is 7.43. The first-order valence-corrected chi connectivity index (χ1v) is 9.41. The van der Waals surface area contributed by atoms with Gasteiger partial charge in [-0.15, -0.1) is 0 Å². The lowest BCUT2D eigenvalue weighted by Gasteiger charge is -2.17. The minimum atomic E-state index is 0.178. The summed E-state index contributed by atoms with van der Waals surface area (Å²) in [6, 6.07) is 24.1. The highest BCUT2D eigenvalue weighted by Crippen LogP contribution is 2.39. The molecule has 0 saturated carbocycles. The molecule has 2 heterocycles. The van der Waals surface area contributed by atoms with E-state index in [2.05, 4.69) is 103 Å². The molecule has 3 aromatic carbocycles. The van der Waals surface area contributed by atoms with Crippen LogP contribution in [0.1, 0.15) is 33.7 Å². The van der Waals surface area contributed by atoms with Crippen molar-refractivity contribution >= 4 is 21.8 Å². The molecule has 27 heavy (non-hydrogen) atoms. The number of benzene rings is 3. The predicted octanol–water partition coefficient (Wildman–Crippen LogP) is 6.45. The maximum absolute atomic E-state index is 3.48. The van der Waals surface area contributed by atoms with E-state index in [1.807, 2.05) is 0 Å². The molecule has 2 N–H and O–H groups in total. The van der Waals surface area contributed by atoms with Gasteiger partial charge < -0.3 is 9.97 Å². The molecule has 0 aliphatic carbocycles. The van der Waals surface area contributed by atoms with Gasteiger partial charge in [-0.25, -0.2) is 0 Å². The average molecular weight is 350 g/mol. The van der Waals surface area contributed by atoms with Crippen LogP contribution in [-0.2, 0) is 0 Å². The Hall–Kier alpha value is -3.26. The van der Waals surface area contributed by atoms with Crippen LogP contribution in [0.3, 0.4) is 0 Å². The first-order valence-electron chi connectivity index (χ1n) is 9.41. The van der Waals surface area contributed by atoms with Crippen molar-refractivity contribution in [3.8, 4) is 0 Å². The number of H-pyrrole nitrogens is 2. The molecule has 0 bridgehead atoms. The summed E-state index contributed by atoms with van der Waals surface area (Å²) in [6.07, 6.45) is 4.35. The van der Waals surface area contributed by atoms with Crippen LogP contribution < -0.4 is 0 Å². The highest BCUT2D eigenvalue weighted by molar-refractivity contribution is 5.89. The average Bonchev–Trinajstić information content (AvgIpc) is 3.28. The van der Waals surface area contributed by atoms with Gasteiger partial charge >= 0.3 is 0 Å². The van der Waals surface area contributed by atoms with Gasteiger partial charge in [-0.2, -0.15) is 0 Å². The zero-order chi connectivity index (χ0) is 18.4. The summed E-state index contributed by atoms with van der Waals surface area (Å²) in [5, 5.41) is 2.59. The lowest BCUT2D eigenvalue weighted by molar-refractivity contribution is 0.998. The number of rotatable bonds is 3. The standard InChI is InChI=1S/C25H22N2/c1-16-8-10-23-19(12-16)21(14-26-23)25(18-6-4-3-5-7-18)22-15-27-24-11-9-17(2)13-20(22)24/h3-15,25-27H,1-2H3. The fourth-order valence-corrected chi connectivity index (χ4v) is 4.16. The molecule has 5 rings (SSSR count). The van der Waals surface area contributed by atoms with E-state index >= 15 is 0 Å². The van der Waals surface area contributed by atoms with Gasteiger partial charge in [0.2, 0.25) is 0 Å². The van der Waals surface area contributed by atoms with E-state index < -0.39 is 0 Å². The Morgan fingerprint density at radius 2 is 1.15 bits per heavy atom. The second-order valence-corrected chi connectivity index (χ2v) is 7.43. The lowest BCUT2D eigenvalue weighted by atomic mass is 9.84. The van der Waals surface area contributed by atoms with Crippen molar-refractivity contribution in [3.63, 3.8) is 0 Å². The molecule has 0 aliphatic rings. The quantitative estimate of drug-likeness (QED) is 0.375. The number of aromatic nitrogens is 2. The van der Waals surface area contributed by atoms with E-state index in [0.29, 0.717) is 0 Å². The molecule has 0 atom stereocenters. The number of fused-ring (bicyclic) bond motifs is 2. The molecule has 0 amide bonds. The van der Waals surface area contributed by atoms with Gasteiger partial charge in [-0.3, -0.25) is 0 Å². The van der Waals surface area contributed by atoms with E-state index in [1.165, 1.54) is 49.6 Å². The summed E-state index contributed by atoms with van der Waals surface area (Å²) in [5.74, 6) is 0.178. The first kappa shape index (κ1) is 16.0. The first-order chi connectivity index (χ1) is 13.2. The van der Waals surface area contributed by atoms with Crippen LogP contribution in [0.25, 0.3) is 21.8 Å². The van der Waals surface area contributed by atoms with Gasteiger partial charge in [-0.1, -0.05) is 53.6 Å². The molecule has 0 unspecified atom stereocenters. The van der Waals surface area contributed by atoms with Crippen LogP contribution in [0.4, 0.5) is 0 Å². The smallest absolute Gasteiger partial charge is 0.0457 e. The van der Waals surface area contributed by atoms with E-state index in [1.54, 1.807) is 0 Å². The maximum Gasteiger partial charge on any atom is 0.0457 e. The normalized spacial score (nSPS) is 11.7. The second kappa shape index (κ2) is 6.17. The minimum absolute atomic E-state index is 0.178. The number of aromatic amines is 2. The summed E-state index contributed by atoms with van der Waals surface area (Å²) in [5.41, 5.74) is 8.89. The third-order valence-corrected chi connectivity index (χ3v) is 5.49. The molecular formula is C25H22N2. The Labute approximate surface area is 158 Å². The van der Waals surface area contributed by atoms with E-state index in [4.69, 9.17) is 0 Å². The molecule has 0 aliphatic heterocycles. The molecule has 2 heteroatoms. The number of hydrogen-bond acceptors (Lipinski definition) is 0. The Morgan fingerprint density at radius 1 is 0.630 bits per heavy atom. The van der Waals surface area contributed by atoms with Crippen LogP contribution in [0.15, 0.2) is 79.1 Å². The SMILES string of the molecule is Cc1ccc2[nH]cc(C(c3ccccc3)c3c[nH]c4ccc(C)cc34)c2c1. The van der Waals surface area contributed by atoms with Crippen LogP contribution in [0.2, 0.25) is 0 Å². The lowest BCUT2D eigenvalue weighted by Crippen LogP contribution is -2.02. The number of nitrogens with one attached hydrogen (secondary N) is 2. The monoisotopic (exact) mass is 350 g/mol. The van der Waals surface area contributed by atoms with Crippen molar-refractivity contribution in [1.29, 1.82) is 0 Å². The van der Waals surface area contributed by atoms with Gasteiger partial charge in [-0.05, 0) is 54.8 Å². The molecule has 2 aromatic heterocycles. The van der Waals surface area contributed by atoms with Crippen LogP contribution in [0, 0.1) is 13.8 Å². The van der Waals surface area contributed by atoms with Crippen LogP contribution in [-0.4, -0.2) is 9.97 Å². The summed E-state index contributed by atoms with van der Waals surface area (Å²) in [4.78, 5) is 6.95. The molecule has 2 nitrogen and oxygen atoms in total. The molecule has 0 radical (unpaired) electrons. The molecule has 0 fully saturated rings. The highest BCUT2D eigenvalue weighted by Gasteiger charge is 2.23. The maximum atomic E-state index is 3.48. The molecule has 0 spiro atoms. The number of hydrogen-bond donors (Lipinski definition) is 2. The Bertz CT molecular complexity index is 1160. The van der Waals surface area contributed by atoms with Crippen molar-refractivity contribution in [2.45, 2.75) is 19.8 Å². The van der Waals surface area contributed by atoms with Crippen molar-refractivity contribution in [2.75, 3.05) is 0 Å². The van der Waals surface area contributed by atoms with E-state index in [0.717, 1.165) is 0 Å². The Kier molecular flexibility index (Phi) is 3.64. The van der Waals surface area contributed by atoms with Gasteiger partial charge in [0.15, 0.2) is 0 Å². The van der Waals surface area contributed by atoms with Crippen LogP contribution in [0.5, 0.6) is 0 Å². The van der Waals surface area contributed by atoms with Gasteiger partial charge in [0.05, 0.1) is 0 Å². The van der Waals surface area contributed by atoms with Crippen molar-refractivity contribution < 1.29 is 0 Å². The van der Waals surface area contributed by atoms with E-state index in [-0.39, 0.29) is 5.92 Å². The fraction of sp³-hybridized carbons (Fsp3) is 0.120. The Morgan fingerprint density at radius 3 is 1.67 bits per heavy atom. The van der Waals surface area contributed by atoms with Crippen molar-refractivity contribution in [3.05, 3.63) is 107 Å². The number of aryl methyl sites for hydroxylation is 2. The van der Waals surface area contributed by atoms with Gasteiger partial charge in [0.1, 0.15) is 0 Å². The minimum Gasteiger partial charge on any atom is -0.361 e. The van der Waals surface area contributed by atoms with Crippen molar-refractivity contribution in [2.24, 2.45) is 0 Å². The zero-order valence-corrected chi connectivity index (χ0v) is 15.6. The fourth-order valence-electron chi connectivity index (χ4n) is 4.16. The summed E-state index contributed by atoms with van der Waals surface area (Å²) < 4.78 is 0. The molecule has 5 aromatic rings. The van der Waals surface area contributed by atoms with Gasteiger partial charge in [0, 0.05) is 40.1 Å². The predicted molar refractivity (Wildman–Crippen MR) is 113 cm³/mol.